The van der Waals surface area contributed by atoms with Crippen molar-refractivity contribution < 1.29 is 9.53 Å². The predicted octanol–water partition coefficient (Wildman–Crippen LogP) is 3.69. The Morgan fingerprint density at radius 2 is 1.50 bits per heavy atom. The van der Waals surface area contributed by atoms with E-state index in [9.17, 15) is 4.79 Å². The molecular formula is C16H34N2O2. The van der Waals surface area contributed by atoms with Crippen LogP contribution in [0.4, 0.5) is 0 Å². The lowest BCUT2D eigenvalue weighted by atomic mass is 10.1. The Morgan fingerprint density at radius 1 is 0.900 bits per heavy atom. The van der Waals surface area contributed by atoms with Crippen molar-refractivity contribution in [2.75, 3.05) is 13.2 Å². The number of carbonyl (C=O) groups excluding carboxylic acids is 1. The molecule has 0 saturated carbocycles. The average molecular weight is 286 g/mol. The highest BCUT2D eigenvalue weighted by atomic mass is 16.5. The SMILES string of the molecule is CCCCCCCCOC(=O)CCCCCCCNN. The van der Waals surface area contributed by atoms with E-state index in [1.54, 1.807) is 0 Å². The second-order valence-corrected chi connectivity index (χ2v) is 5.46. The molecule has 0 aliphatic rings. The van der Waals surface area contributed by atoms with E-state index in [-0.39, 0.29) is 5.97 Å². The zero-order valence-electron chi connectivity index (χ0n) is 13.3. The maximum atomic E-state index is 11.5. The summed E-state index contributed by atoms with van der Waals surface area (Å²) in [6.07, 6.45) is 13.5. The summed E-state index contributed by atoms with van der Waals surface area (Å²) in [6, 6.07) is 0. The Labute approximate surface area is 124 Å². The van der Waals surface area contributed by atoms with Crippen LogP contribution in [0.2, 0.25) is 0 Å². The monoisotopic (exact) mass is 286 g/mol. The van der Waals surface area contributed by atoms with E-state index >= 15 is 0 Å². The number of esters is 1. The van der Waals surface area contributed by atoms with Gasteiger partial charge in [-0.05, 0) is 19.3 Å². The van der Waals surface area contributed by atoms with Gasteiger partial charge >= 0.3 is 5.97 Å². The largest absolute Gasteiger partial charge is 0.466 e. The molecule has 4 heteroatoms. The first-order valence-electron chi connectivity index (χ1n) is 8.40. The standard InChI is InChI=1S/C16H34N2O2/c1-2-3-4-5-9-12-15-20-16(19)13-10-7-6-8-11-14-18-17/h18H,2-15,17H2,1H3. The minimum atomic E-state index is -0.0258. The van der Waals surface area contributed by atoms with Crippen LogP contribution in [0, 0.1) is 0 Å². The Hall–Kier alpha value is -0.610. The molecule has 0 atom stereocenters. The minimum absolute atomic E-state index is 0.0258. The number of hydrazine groups is 1. The normalized spacial score (nSPS) is 10.7. The van der Waals surface area contributed by atoms with Crippen molar-refractivity contribution >= 4 is 5.97 Å². The Morgan fingerprint density at radius 3 is 2.20 bits per heavy atom. The van der Waals surface area contributed by atoms with E-state index < -0.39 is 0 Å². The van der Waals surface area contributed by atoms with Crippen molar-refractivity contribution in [3.63, 3.8) is 0 Å². The number of rotatable bonds is 15. The maximum absolute atomic E-state index is 11.5. The molecule has 0 radical (unpaired) electrons. The lowest BCUT2D eigenvalue weighted by Crippen LogP contribution is -2.22. The first-order valence-corrected chi connectivity index (χ1v) is 8.40. The van der Waals surface area contributed by atoms with Crippen molar-refractivity contribution in [1.29, 1.82) is 0 Å². The van der Waals surface area contributed by atoms with Crippen LogP contribution in [-0.2, 0) is 9.53 Å². The molecular weight excluding hydrogens is 252 g/mol. The minimum Gasteiger partial charge on any atom is -0.466 e. The highest BCUT2D eigenvalue weighted by Crippen LogP contribution is 2.07. The highest BCUT2D eigenvalue weighted by Gasteiger charge is 2.02. The molecule has 20 heavy (non-hydrogen) atoms. The van der Waals surface area contributed by atoms with Gasteiger partial charge in [-0.2, -0.15) is 0 Å². The molecule has 0 unspecified atom stereocenters. The zero-order chi connectivity index (χ0) is 14.9. The third-order valence-corrected chi connectivity index (χ3v) is 3.46. The van der Waals surface area contributed by atoms with Crippen LogP contribution in [0.15, 0.2) is 0 Å². The van der Waals surface area contributed by atoms with Gasteiger partial charge in [0.1, 0.15) is 0 Å². The average Bonchev–Trinajstić information content (AvgIpc) is 2.45. The summed E-state index contributed by atoms with van der Waals surface area (Å²) in [5.74, 6) is 5.16. The van der Waals surface area contributed by atoms with E-state index in [4.69, 9.17) is 10.6 Å². The van der Waals surface area contributed by atoms with Crippen LogP contribution in [0.3, 0.4) is 0 Å². The quantitative estimate of drug-likeness (QED) is 0.208. The van der Waals surface area contributed by atoms with Gasteiger partial charge in [-0.3, -0.25) is 16.1 Å². The third kappa shape index (κ3) is 15.4. The van der Waals surface area contributed by atoms with Crippen molar-refractivity contribution in [2.24, 2.45) is 5.84 Å². The van der Waals surface area contributed by atoms with E-state index in [1.165, 1.54) is 44.9 Å². The van der Waals surface area contributed by atoms with Crippen LogP contribution in [0.25, 0.3) is 0 Å². The van der Waals surface area contributed by atoms with E-state index in [0.29, 0.717) is 13.0 Å². The molecule has 120 valence electrons. The Balaban J connectivity index is 3.13. The Kier molecular flexibility index (Phi) is 15.9. The molecule has 3 N–H and O–H groups in total. The molecule has 0 bridgehead atoms. The molecule has 4 nitrogen and oxygen atoms in total. The van der Waals surface area contributed by atoms with Gasteiger partial charge < -0.3 is 4.74 Å². The van der Waals surface area contributed by atoms with Gasteiger partial charge in [-0.15, -0.1) is 0 Å². The van der Waals surface area contributed by atoms with Crippen LogP contribution < -0.4 is 11.3 Å². The molecule has 0 fully saturated rings. The number of ether oxygens (including phenoxy) is 1. The molecule has 0 aromatic carbocycles. The van der Waals surface area contributed by atoms with Gasteiger partial charge in [-0.1, -0.05) is 58.3 Å². The lowest BCUT2D eigenvalue weighted by Gasteiger charge is -2.05. The van der Waals surface area contributed by atoms with E-state index in [1.807, 2.05) is 0 Å². The number of unbranched alkanes of at least 4 members (excludes halogenated alkanes) is 9. The van der Waals surface area contributed by atoms with Gasteiger partial charge in [0.05, 0.1) is 6.61 Å². The molecule has 0 aromatic rings. The summed E-state index contributed by atoms with van der Waals surface area (Å²) >= 11 is 0. The summed E-state index contributed by atoms with van der Waals surface area (Å²) in [5.41, 5.74) is 2.65. The first-order chi connectivity index (χ1) is 9.81. The van der Waals surface area contributed by atoms with Crippen molar-refractivity contribution in [3.8, 4) is 0 Å². The fraction of sp³-hybridized carbons (Fsp3) is 0.938. The van der Waals surface area contributed by atoms with Gasteiger partial charge in [0.15, 0.2) is 0 Å². The first kappa shape index (κ1) is 19.4. The van der Waals surface area contributed by atoms with Crippen LogP contribution in [-0.4, -0.2) is 19.1 Å². The second kappa shape index (κ2) is 16.4. The van der Waals surface area contributed by atoms with Gasteiger partial charge in [-0.25, -0.2) is 0 Å². The van der Waals surface area contributed by atoms with Crippen LogP contribution in [0.1, 0.15) is 84.0 Å². The molecule has 0 aliphatic heterocycles. The lowest BCUT2D eigenvalue weighted by molar-refractivity contribution is -0.143. The smallest absolute Gasteiger partial charge is 0.305 e. The van der Waals surface area contributed by atoms with Crippen molar-refractivity contribution in [3.05, 3.63) is 0 Å². The maximum Gasteiger partial charge on any atom is 0.305 e. The van der Waals surface area contributed by atoms with Gasteiger partial charge in [0.25, 0.3) is 0 Å². The van der Waals surface area contributed by atoms with Crippen LogP contribution in [0.5, 0.6) is 0 Å². The van der Waals surface area contributed by atoms with Gasteiger partial charge in [0, 0.05) is 13.0 Å². The highest BCUT2D eigenvalue weighted by molar-refractivity contribution is 5.69. The van der Waals surface area contributed by atoms with Crippen LogP contribution >= 0.6 is 0 Å². The van der Waals surface area contributed by atoms with Crippen molar-refractivity contribution in [1.82, 2.24) is 5.43 Å². The summed E-state index contributed by atoms with van der Waals surface area (Å²) in [6.45, 7) is 3.70. The molecule has 0 spiro atoms. The second-order valence-electron chi connectivity index (χ2n) is 5.46. The molecule has 0 saturated heterocycles. The fourth-order valence-corrected chi connectivity index (χ4v) is 2.17. The van der Waals surface area contributed by atoms with E-state index in [2.05, 4.69) is 12.3 Å². The molecule has 0 amide bonds. The number of hydrogen-bond donors (Lipinski definition) is 2. The molecule has 0 aromatic heterocycles. The number of nitrogens with one attached hydrogen (secondary N) is 1. The molecule has 0 heterocycles. The topological polar surface area (TPSA) is 64.3 Å². The summed E-state index contributed by atoms with van der Waals surface area (Å²) in [5, 5.41) is 0. The number of carbonyl (C=O) groups is 1. The molecule has 0 rings (SSSR count). The summed E-state index contributed by atoms with van der Waals surface area (Å²) in [7, 11) is 0. The number of nitrogens with two attached hydrogens (primary N) is 1. The Bertz CT molecular complexity index is 191. The summed E-state index contributed by atoms with van der Waals surface area (Å²) < 4.78 is 5.23. The third-order valence-electron chi connectivity index (χ3n) is 3.46. The summed E-state index contributed by atoms with van der Waals surface area (Å²) in [4.78, 5) is 11.5. The fourth-order valence-electron chi connectivity index (χ4n) is 2.17. The van der Waals surface area contributed by atoms with E-state index in [0.717, 1.165) is 32.2 Å². The molecule has 0 aliphatic carbocycles. The zero-order valence-corrected chi connectivity index (χ0v) is 13.3. The predicted molar refractivity (Wildman–Crippen MR) is 84.2 cm³/mol. The number of hydrogen-bond acceptors (Lipinski definition) is 4. The van der Waals surface area contributed by atoms with Crippen molar-refractivity contribution in [2.45, 2.75) is 84.0 Å². The van der Waals surface area contributed by atoms with Gasteiger partial charge in [0.2, 0.25) is 0 Å².